The van der Waals surface area contributed by atoms with Gasteiger partial charge in [0.1, 0.15) is 12.4 Å². The minimum atomic E-state index is -0.346. The Bertz CT molecular complexity index is 416. The summed E-state index contributed by atoms with van der Waals surface area (Å²) in [5, 5.41) is 0. The van der Waals surface area contributed by atoms with E-state index in [-0.39, 0.29) is 17.1 Å². The van der Waals surface area contributed by atoms with Crippen LogP contribution >= 0.6 is 0 Å². The van der Waals surface area contributed by atoms with Gasteiger partial charge in [-0.2, -0.15) is 0 Å². The summed E-state index contributed by atoms with van der Waals surface area (Å²) < 4.78 is 16.2. The van der Waals surface area contributed by atoms with Crippen molar-refractivity contribution in [3.63, 3.8) is 0 Å². The van der Waals surface area contributed by atoms with Gasteiger partial charge in [-0.3, -0.25) is 0 Å². The highest BCUT2D eigenvalue weighted by Crippen LogP contribution is 2.32. The summed E-state index contributed by atoms with van der Waals surface area (Å²) in [7, 11) is 3.23. The van der Waals surface area contributed by atoms with E-state index in [2.05, 4.69) is 59.7 Å². The summed E-state index contributed by atoms with van der Waals surface area (Å²) in [6, 6.07) is 6.49. The Morgan fingerprint density at radius 3 is 1.57 bits per heavy atom. The third-order valence-electron chi connectivity index (χ3n) is 3.55. The van der Waals surface area contributed by atoms with Gasteiger partial charge in [0.15, 0.2) is 6.29 Å². The van der Waals surface area contributed by atoms with E-state index in [4.69, 9.17) is 14.2 Å². The average molecular weight is 294 g/mol. The summed E-state index contributed by atoms with van der Waals surface area (Å²) in [4.78, 5) is 0. The maximum atomic E-state index is 5.87. The summed E-state index contributed by atoms with van der Waals surface area (Å²) in [6.45, 7) is 13.7. The quantitative estimate of drug-likeness (QED) is 0.759. The van der Waals surface area contributed by atoms with Crippen LogP contribution in [0.2, 0.25) is 0 Å². The highest BCUT2D eigenvalue weighted by Gasteiger charge is 2.21. The van der Waals surface area contributed by atoms with Gasteiger partial charge in [0, 0.05) is 14.2 Å². The molecule has 120 valence electrons. The Morgan fingerprint density at radius 1 is 0.810 bits per heavy atom. The molecule has 0 amide bonds. The molecule has 0 spiro atoms. The smallest absolute Gasteiger partial charge is 0.191 e. The first kappa shape index (κ1) is 18.0. The fourth-order valence-corrected chi connectivity index (χ4v) is 1.94. The largest absolute Gasteiger partial charge is 0.488 e. The molecule has 21 heavy (non-hydrogen) atoms. The fraction of sp³-hybridized carbons (Fsp3) is 0.667. The normalized spacial score (nSPS) is 12.8. The molecule has 0 unspecified atom stereocenters. The lowest BCUT2D eigenvalue weighted by atomic mass is 9.80. The topological polar surface area (TPSA) is 27.7 Å². The number of benzene rings is 1. The van der Waals surface area contributed by atoms with Gasteiger partial charge < -0.3 is 14.2 Å². The van der Waals surface area contributed by atoms with Crippen molar-refractivity contribution in [3.8, 4) is 5.75 Å². The third-order valence-corrected chi connectivity index (χ3v) is 3.55. The molecule has 0 N–H and O–H groups in total. The lowest BCUT2D eigenvalue weighted by molar-refractivity contribution is -0.122. The van der Waals surface area contributed by atoms with E-state index in [0.717, 1.165) is 5.75 Å². The van der Waals surface area contributed by atoms with Crippen molar-refractivity contribution in [1.29, 1.82) is 0 Å². The zero-order valence-electron chi connectivity index (χ0n) is 14.7. The second kappa shape index (κ2) is 6.80. The van der Waals surface area contributed by atoms with Gasteiger partial charge >= 0.3 is 0 Å². The Labute approximate surface area is 129 Å². The Balaban J connectivity index is 3.08. The van der Waals surface area contributed by atoms with Crippen molar-refractivity contribution in [3.05, 3.63) is 29.3 Å². The van der Waals surface area contributed by atoms with Gasteiger partial charge in [-0.1, -0.05) is 47.6 Å². The standard InChI is InChI=1S/C18H30O3/c1-17(2,3)13-9-14(18(4,5)6)11-15(10-13)21-12-16(19-7)20-8/h9-11,16H,12H2,1-8H3. The molecule has 1 rings (SSSR count). The van der Waals surface area contributed by atoms with E-state index < -0.39 is 0 Å². The molecule has 0 atom stereocenters. The van der Waals surface area contributed by atoms with Crippen molar-refractivity contribution < 1.29 is 14.2 Å². The number of hydrogen-bond donors (Lipinski definition) is 0. The van der Waals surface area contributed by atoms with E-state index >= 15 is 0 Å². The van der Waals surface area contributed by atoms with Gasteiger partial charge in [-0.15, -0.1) is 0 Å². The van der Waals surface area contributed by atoms with Crippen molar-refractivity contribution in [1.82, 2.24) is 0 Å². The maximum absolute atomic E-state index is 5.87. The molecular formula is C18H30O3. The van der Waals surface area contributed by atoms with E-state index in [1.54, 1.807) is 14.2 Å². The molecule has 0 aliphatic carbocycles. The first-order chi connectivity index (χ1) is 9.57. The first-order valence-electron chi connectivity index (χ1n) is 7.42. The molecule has 1 aromatic carbocycles. The average Bonchev–Trinajstić information content (AvgIpc) is 2.37. The summed E-state index contributed by atoms with van der Waals surface area (Å²) >= 11 is 0. The van der Waals surface area contributed by atoms with Crippen LogP contribution < -0.4 is 4.74 Å². The van der Waals surface area contributed by atoms with Gasteiger partial charge in [0.2, 0.25) is 0 Å². The molecule has 0 aromatic heterocycles. The lowest BCUT2D eigenvalue weighted by Crippen LogP contribution is -2.23. The molecule has 0 radical (unpaired) electrons. The Hall–Kier alpha value is -1.06. The first-order valence-corrected chi connectivity index (χ1v) is 7.42. The van der Waals surface area contributed by atoms with Crippen LogP contribution in [0.5, 0.6) is 5.75 Å². The maximum Gasteiger partial charge on any atom is 0.191 e. The zero-order valence-corrected chi connectivity index (χ0v) is 14.7. The van der Waals surface area contributed by atoms with Crippen LogP contribution in [-0.2, 0) is 20.3 Å². The van der Waals surface area contributed by atoms with Crippen molar-refractivity contribution in [2.45, 2.75) is 58.7 Å². The number of hydrogen-bond acceptors (Lipinski definition) is 3. The molecule has 3 heteroatoms. The Morgan fingerprint density at radius 2 is 1.24 bits per heavy atom. The SMILES string of the molecule is COC(COc1cc(C(C)(C)C)cc(C(C)(C)C)c1)OC. The van der Waals surface area contributed by atoms with Gasteiger partial charge in [0.05, 0.1) is 0 Å². The molecule has 0 heterocycles. The van der Waals surface area contributed by atoms with Crippen molar-refractivity contribution >= 4 is 0 Å². The highest BCUT2D eigenvalue weighted by molar-refractivity contribution is 5.40. The monoisotopic (exact) mass is 294 g/mol. The second-order valence-corrected chi connectivity index (χ2v) is 7.46. The fourth-order valence-electron chi connectivity index (χ4n) is 1.94. The summed E-state index contributed by atoms with van der Waals surface area (Å²) in [5.74, 6) is 0.867. The van der Waals surface area contributed by atoms with Crippen LogP contribution in [0.3, 0.4) is 0 Å². The zero-order chi connectivity index (χ0) is 16.3. The van der Waals surface area contributed by atoms with E-state index in [0.29, 0.717) is 6.61 Å². The molecule has 0 aliphatic heterocycles. The molecule has 1 aromatic rings. The minimum Gasteiger partial charge on any atom is -0.488 e. The predicted molar refractivity (Wildman–Crippen MR) is 87.1 cm³/mol. The van der Waals surface area contributed by atoms with Crippen LogP contribution in [0.4, 0.5) is 0 Å². The molecule has 0 saturated carbocycles. The number of methoxy groups -OCH3 is 2. The molecule has 0 saturated heterocycles. The van der Waals surface area contributed by atoms with E-state index in [1.807, 2.05) is 0 Å². The van der Waals surface area contributed by atoms with Crippen LogP contribution in [0.1, 0.15) is 52.7 Å². The van der Waals surface area contributed by atoms with Gasteiger partial charge in [-0.05, 0) is 34.1 Å². The summed E-state index contributed by atoms with van der Waals surface area (Å²) in [5.41, 5.74) is 2.72. The van der Waals surface area contributed by atoms with Crippen molar-refractivity contribution in [2.75, 3.05) is 20.8 Å². The molecular weight excluding hydrogens is 264 g/mol. The highest BCUT2D eigenvalue weighted by atomic mass is 16.7. The molecule has 0 fully saturated rings. The second-order valence-electron chi connectivity index (χ2n) is 7.46. The molecule has 0 aliphatic rings. The van der Waals surface area contributed by atoms with Crippen LogP contribution in [-0.4, -0.2) is 27.1 Å². The van der Waals surface area contributed by atoms with Gasteiger partial charge in [0.25, 0.3) is 0 Å². The van der Waals surface area contributed by atoms with E-state index in [9.17, 15) is 0 Å². The Kier molecular flexibility index (Phi) is 5.83. The minimum absolute atomic E-state index is 0.0846. The molecule has 3 nitrogen and oxygen atoms in total. The van der Waals surface area contributed by atoms with Crippen LogP contribution in [0.15, 0.2) is 18.2 Å². The lowest BCUT2D eigenvalue weighted by Gasteiger charge is -2.26. The number of ether oxygens (including phenoxy) is 3. The van der Waals surface area contributed by atoms with Crippen LogP contribution in [0, 0.1) is 0 Å². The number of rotatable bonds is 5. The van der Waals surface area contributed by atoms with Crippen LogP contribution in [0.25, 0.3) is 0 Å². The van der Waals surface area contributed by atoms with E-state index in [1.165, 1.54) is 11.1 Å². The summed E-state index contributed by atoms with van der Waals surface area (Å²) in [6.07, 6.45) is -0.346. The predicted octanol–water partition coefficient (Wildman–Crippen LogP) is 4.28. The third kappa shape index (κ3) is 5.33. The van der Waals surface area contributed by atoms with Gasteiger partial charge in [-0.25, -0.2) is 0 Å². The molecule has 0 bridgehead atoms. The van der Waals surface area contributed by atoms with Crippen molar-refractivity contribution in [2.24, 2.45) is 0 Å².